The molecule has 0 unspecified atom stereocenters. The number of nitrogens with zero attached hydrogens (tertiary/aromatic N) is 3. The first-order chi connectivity index (χ1) is 16.4. The van der Waals surface area contributed by atoms with E-state index in [2.05, 4.69) is 22.0 Å². The van der Waals surface area contributed by atoms with Crippen LogP contribution in [0, 0.1) is 5.82 Å². The van der Waals surface area contributed by atoms with Crippen molar-refractivity contribution in [3.8, 4) is 0 Å². The Labute approximate surface area is 208 Å². The summed E-state index contributed by atoms with van der Waals surface area (Å²) in [5.74, 6) is -0.476. The summed E-state index contributed by atoms with van der Waals surface area (Å²) in [5, 5.41) is 0.907. The van der Waals surface area contributed by atoms with Gasteiger partial charge in [-0.1, -0.05) is 47.5 Å². The van der Waals surface area contributed by atoms with Gasteiger partial charge in [-0.25, -0.2) is 9.37 Å². The molecule has 0 bridgehead atoms. The lowest BCUT2D eigenvalue weighted by atomic mass is 9.74. The fraction of sp³-hybridized carbons (Fsp3) is 0.259. The lowest BCUT2D eigenvalue weighted by molar-refractivity contribution is 0.0977. The number of anilines is 1. The van der Waals surface area contributed by atoms with Gasteiger partial charge in [-0.2, -0.15) is 0 Å². The molecule has 1 spiro atoms. The molecule has 2 aromatic carbocycles. The summed E-state index contributed by atoms with van der Waals surface area (Å²) >= 11 is 12.2. The molecule has 34 heavy (non-hydrogen) atoms. The number of likely N-dealkylation sites (tertiary alicyclic amines) is 1. The number of rotatable bonds is 4. The molecule has 0 N–H and O–H groups in total. The minimum Gasteiger partial charge on any atom is -0.307 e. The quantitative estimate of drug-likeness (QED) is 0.402. The molecule has 7 heteroatoms. The van der Waals surface area contributed by atoms with E-state index in [1.165, 1.54) is 6.07 Å². The van der Waals surface area contributed by atoms with Crippen LogP contribution < -0.4 is 4.90 Å². The van der Waals surface area contributed by atoms with Gasteiger partial charge in [0.2, 0.25) is 0 Å². The van der Waals surface area contributed by atoms with E-state index in [1.54, 1.807) is 35.4 Å². The topological polar surface area (TPSA) is 36.4 Å². The standard InChI is InChI=1S/C27H24Cl2FN3O/c28-20-7-5-19(6-8-20)3-2-14-32-15-11-27(12-16-32)18-33(24-10-9-21(30)17-23(24)27)26(34)22-4-1-13-31-25(22)29/h1-10,13,17H,11-12,14-16,18H2/b3-2+. The molecule has 0 saturated carbocycles. The number of piperidine rings is 1. The Hall–Kier alpha value is -2.73. The van der Waals surface area contributed by atoms with Crippen LogP contribution in [0.4, 0.5) is 10.1 Å². The Morgan fingerprint density at radius 2 is 1.85 bits per heavy atom. The second-order valence-electron chi connectivity index (χ2n) is 8.93. The van der Waals surface area contributed by atoms with E-state index in [1.807, 2.05) is 24.3 Å². The number of pyridine rings is 1. The molecule has 1 saturated heterocycles. The van der Waals surface area contributed by atoms with Crippen molar-refractivity contribution in [3.63, 3.8) is 0 Å². The highest BCUT2D eigenvalue weighted by Gasteiger charge is 2.46. The highest BCUT2D eigenvalue weighted by Crippen LogP contribution is 2.47. The molecule has 3 aromatic rings. The van der Waals surface area contributed by atoms with Crippen molar-refractivity contribution in [3.05, 3.63) is 99.6 Å². The van der Waals surface area contributed by atoms with Gasteiger partial charge < -0.3 is 4.90 Å². The summed E-state index contributed by atoms with van der Waals surface area (Å²) in [6, 6.07) is 15.9. The van der Waals surface area contributed by atoms with Crippen LogP contribution in [0.3, 0.4) is 0 Å². The van der Waals surface area contributed by atoms with Crippen molar-refractivity contribution in [1.29, 1.82) is 0 Å². The van der Waals surface area contributed by atoms with E-state index in [0.717, 1.165) is 54.3 Å². The van der Waals surface area contributed by atoms with Crippen LogP contribution >= 0.6 is 23.2 Å². The van der Waals surface area contributed by atoms with Crippen LogP contribution in [0.5, 0.6) is 0 Å². The fourth-order valence-electron chi connectivity index (χ4n) is 5.02. The molecule has 2 aliphatic rings. The molecule has 0 radical (unpaired) electrons. The van der Waals surface area contributed by atoms with Gasteiger partial charge in [0.05, 0.1) is 5.56 Å². The summed E-state index contributed by atoms with van der Waals surface area (Å²) in [5.41, 5.74) is 2.89. The number of halogens is 3. The second kappa shape index (κ2) is 9.49. The van der Waals surface area contributed by atoms with E-state index in [9.17, 15) is 9.18 Å². The van der Waals surface area contributed by atoms with Gasteiger partial charge in [-0.15, -0.1) is 0 Å². The van der Waals surface area contributed by atoms with Crippen LogP contribution in [-0.4, -0.2) is 42.0 Å². The van der Waals surface area contributed by atoms with Gasteiger partial charge in [0.15, 0.2) is 0 Å². The Bertz CT molecular complexity index is 1240. The number of carbonyl (C=O) groups is 1. The molecule has 3 heterocycles. The van der Waals surface area contributed by atoms with Crippen molar-refractivity contribution in [1.82, 2.24) is 9.88 Å². The largest absolute Gasteiger partial charge is 0.307 e. The normalized spacial score (nSPS) is 17.4. The minimum atomic E-state index is -0.278. The fourth-order valence-corrected chi connectivity index (χ4v) is 5.34. The Morgan fingerprint density at radius 3 is 2.59 bits per heavy atom. The number of hydrogen-bond acceptors (Lipinski definition) is 3. The lowest BCUT2D eigenvalue weighted by Crippen LogP contribution is -2.46. The first-order valence-corrected chi connectivity index (χ1v) is 12.1. The molecule has 1 fully saturated rings. The maximum Gasteiger partial charge on any atom is 0.261 e. The molecule has 1 aromatic heterocycles. The molecule has 5 rings (SSSR count). The van der Waals surface area contributed by atoms with Crippen LogP contribution in [-0.2, 0) is 5.41 Å². The van der Waals surface area contributed by atoms with E-state index in [4.69, 9.17) is 23.2 Å². The summed E-state index contributed by atoms with van der Waals surface area (Å²) in [6.45, 7) is 3.10. The van der Waals surface area contributed by atoms with Crippen LogP contribution in [0.25, 0.3) is 6.08 Å². The van der Waals surface area contributed by atoms with Crippen molar-refractivity contribution in [2.75, 3.05) is 31.1 Å². The molecule has 174 valence electrons. The summed E-state index contributed by atoms with van der Waals surface area (Å²) < 4.78 is 14.3. The number of hydrogen-bond donors (Lipinski definition) is 0. The highest BCUT2D eigenvalue weighted by molar-refractivity contribution is 6.33. The highest BCUT2D eigenvalue weighted by atomic mass is 35.5. The van der Waals surface area contributed by atoms with E-state index < -0.39 is 0 Å². The SMILES string of the molecule is O=C(c1cccnc1Cl)N1CC2(CCN(C/C=C/c3ccc(Cl)cc3)CC2)c2cc(F)ccc21. The lowest BCUT2D eigenvalue weighted by Gasteiger charge is -2.39. The first kappa shape index (κ1) is 23.0. The number of fused-ring (bicyclic) bond motifs is 2. The molecular formula is C27H24Cl2FN3O. The van der Waals surface area contributed by atoms with E-state index >= 15 is 0 Å². The molecule has 0 aliphatic carbocycles. The molecular weight excluding hydrogens is 472 g/mol. The third kappa shape index (κ3) is 4.48. The molecule has 2 aliphatic heterocycles. The zero-order valence-corrected chi connectivity index (χ0v) is 20.1. The predicted octanol–water partition coefficient (Wildman–Crippen LogP) is 6.23. The zero-order valence-electron chi connectivity index (χ0n) is 18.6. The average molecular weight is 496 g/mol. The summed E-state index contributed by atoms with van der Waals surface area (Å²) in [6.07, 6.45) is 7.51. The maximum absolute atomic E-state index is 14.3. The average Bonchev–Trinajstić information content (AvgIpc) is 3.15. The monoisotopic (exact) mass is 495 g/mol. The second-order valence-corrected chi connectivity index (χ2v) is 9.72. The van der Waals surface area contributed by atoms with Crippen molar-refractivity contribution in [2.45, 2.75) is 18.3 Å². The summed E-state index contributed by atoms with van der Waals surface area (Å²) in [4.78, 5) is 21.6. The zero-order chi connectivity index (χ0) is 23.7. The molecule has 1 amide bonds. The van der Waals surface area contributed by atoms with Crippen LogP contribution in [0.2, 0.25) is 10.2 Å². The smallest absolute Gasteiger partial charge is 0.261 e. The number of benzene rings is 2. The predicted molar refractivity (Wildman–Crippen MR) is 135 cm³/mol. The van der Waals surface area contributed by atoms with E-state index in [-0.39, 0.29) is 22.3 Å². The molecule has 4 nitrogen and oxygen atoms in total. The van der Waals surface area contributed by atoms with Gasteiger partial charge in [-0.05, 0) is 79.5 Å². The van der Waals surface area contributed by atoms with Crippen molar-refractivity contribution in [2.24, 2.45) is 0 Å². The Kier molecular flexibility index (Phi) is 6.43. The summed E-state index contributed by atoms with van der Waals surface area (Å²) in [7, 11) is 0. The third-order valence-corrected chi connectivity index (χ3v) is 7.43. The van der Waals surface area contributed by atoms with Crippen LogP contribution in [0.15, 0.2) is 66.9 Å². The van der Waals surface area contributed by atoms with Crippen LogP contribution in [0.1, 0.15) is 34.3 Å². The maximum atomic E-state index is 14.3. The van der Waals surface area contributed by atoms with Gasteiger partial charge in [0.1, 0.15) is 11.0 Å². The number of carbonyl (C=O) groups excluding carboxylic acids is 1. The Balaban J connectivity index is 1.32. The third-order valence-electron chi connectivity index (χ3n) is 6.87. The van der Waals surface area contributed by atoms with Gasteiger partial charge in [0.25, 0.3) is 5.91 Å². The van der Waals surface area contributed by atoms with Gasteiger partial charge in [-0.3, -0.25) is 9.69 Å². The first-order valence-electron chi connectivity index (χ1n) is 11.3. The van der Waals surface area contributed by atoms with Gasteiger partial charge in [0, 0.05) is 35.4 Å². The van der Waals surface area contributed by atoms with Crippen molar-refractivity contribution >= 4 is 40.9 Å². The van der Waals surface area contributed by atoms with Gasteiger partial charge >= 0.3 is 0 Å². The van der Waals surface area contributed by atoms with Crippen molar-refractivity contribution < 1.29 is 9.18 Å². The minimum absolute atomic E-state index is 0.180. The van der Waals surface area contributed by atoms with E-state index in [0.29, 0.717) is 12.1 Å². The Morgan fingerprint density at radius 1 is 1.09 bits per heavy atom. The molecule has 0 atom stereocenters. The number of aromatic nitrogens is 1. The number of amides is 1.